The van der Waals surface area contributed by atoms with Crippen molar-refractivity contribution >= 4 is 11.8 Å². The van der Waals surface area contributed by atoms with E-state index in [-0.39, 0.29) is 0 Å². The van der Waals surface area contributed by atoms with Crippen LogP contribution < -0.4 is 5.32 Å². The summed E-state index contributed by atoms with van der Waals surface area (Å²) in [5, 5.41) is 3.58. The van der Waals surface area contributed by atoms with Crippen molar-refractivity contribution in [3.05, 3.63) is 0 Å². The Morgan fingerprint density at radius 1 is 1.60 bits per heavy atom. The number of nitrogens with one attached hydrogen (secondary N) is 1. The third-order valence-corrected chi connectivity index (χ3v) is 4.02. The van der Waals surface area contributed by atoms with E-state index in [9.17, 15) is 0 Å². The molecule has 3 nitrogen and oxygen atoms in total. The highest BCUT2D eigenvalue weighted by Crippen LogP contribution is 2.10. The molecule has 1 saturated heterocycles. The molecule has 1 rings (SSSR count). The largest absolute Gasteiger partial charge is 0.383 e. The van der Waals surface area contributed by atoms with Crippen molar-refractivity contribution in [1.82, 2.24) is 10.2 Å². The predicted molar refractivity (Wildman–Crippen MR) is 67.7 cm³/mol. The van der Waals surface area contributed by atoms with Crippen molar-refractivity contribution in [1.29, 1.82) is 0 Å². The summed E-state index contributed by atoms with van der Waals surface area (Å²) in [4.78, 5) is 2.49. The standard InChI is InChI=1S/C11H24N2OS/c1-4-13(10(2)8-14-3)7-11-9-15-6-5-12-11/h10-12H,4-9H2,1-3H3. The highest BCUT2D eigenvalue weighted by Gasteiger charge is 2.19. The van der Waals surface area contributed by atoms with Gasteiger partial charge in [0.15, 0.2) is 0 Å². The lowest BCUT2D eigenvalue weighted by Gasteiger charge is -2.33. The highest BCUT2D eigenvalue weighted by atomic mass is 32.2. The molecule has 1 aliphatic rings. The zero-order valence-electron chi connectivity index (χ0n) is 10.2. The fourth-order valence-corrected chi connectivity index (χ4v) is 2.92. The van der Waals surface area contributed by atoms with Gasteiger partial charge in [-0.05, 0) is 13.5 Å². The third-order valence-electron chi connectivity index (χ3n) is 2.89. The van der Waals surface area contributed by atoms with E-state index in [0.717, 1.165) is 26.2 Å². The Bertz CT molecular complexity index is 163. The summed E-state index contributed by atoms with van der Waals surface area (Å²) in [6, 6.07) is 1.18. The van der Waals surface area contributed by atoms with Gasteiger partial charge < -0.3 is 10.1 Å². The maximum Gasteiger partial charge on any atom is 0.0615 e. The van der Waals surface area contributed by atoms with E-state index in [2.05, 4.69) is 35.8 Å². The van der Waals surface area contributed by atoms with Crippen molar-refractivity contribution in [3.8, 4) is 0 Å². The molecule has 0 saturated carbocycles. The van der Waals surface area contributed by atoms with Crippen LogP contribution in [-0.2, 0) is 4.74 Å². The van der Waals surface area contributed by atoms with Gasteiger partial charge in [-0.2, -0.15) is 11.8 Å². The number of hydrogen-bond donors (Lipinski definition) is 1. The topological polar surface area (TPSA) is 24.5 Å². The molecule has 0 amide bonds. The molecular formula is C11H24N2OS. The molecule has 2 atom stereocenters. The van der Waals surface area contributed by atoms with Gasteiger partial charge in [-0.1, -0.05) is 6.92 Å². The van der Waals surface area contributed by atoms with Gasteiger partial charge in [-0.15, -0.1) is 0 Å². The molecule has 0 aliphatic carbocycles. The maximum atomic E-state index is 5.21. The van der Waals surface area contributed by atoms with E-state index < -0.39 is 0 Å². The van der Waals surface area contributed by atoms with Crippen molar-refractivity contribution in [2.75, 3.05) is 44.9 Å². The number of methoxy groups -OCH3 is 1. The molecule has 15 heavy (non-hydrogen) atoms. The molecule has 0 bridgehead atoms. The Morgan fingerprint density at radius 2 is 2.40 bits per heavy atom. The molecule has 1 heterocycles. The first kappa shape index (κ1) is 13.3. The molecular weight excluding hydrogens is 208 g/mol. The van der Waals surface area contributed by atoms with Crippen molar-refractivity contribution in [3.63, 3.8) is 0 Å². The zero-order chi connectivity index (χ0) is 11.1. The van der Waals surface area contributed by atoms with Crippen LogP contribution in [-0.4, -0.2) is 61.8 Å². The smallest absolute Gasteiger partial charge is 0.0615 e. The molecule has 1 fully saturated rings. The molecule has 0 radical (unpaired) electrons. The van der Waals surface area contributed by atoms with Crippen LogP contribution in [0.15, 0.2) is 0 Å². The second-order valence-corrected chi connectivity index (χ2v) is 5.27. The van der Waals surface area contributed by atoms with Gasteiger partial charge in [-0.25, -0.2) is 0 Å². The number of thioether (sulfide) groups is 1. The lowest BCUT2D eigenvalue weighted by molar-refractivity contribution is 0.0973. The quantitative estimate of drug-likeness (QED) is 0.740. The molecule has 0 aromatic carbocycles. The molecule has 0 aromatic heterocycles. The van der Waals surface area contributed by atoms with E-state index >= 15 is 0 Å². The molecule has 2 unspecified atom stereocenters. The lowest BCUT2D eigenvalue weighted by Crippen LogP contribution is -2.49. The van der Waals surface area contributed by atoms with Gasteiger partial charge >= 0.3 is 0 Å². The number of ether oxygens (including phenoxy) is 1. The zero-order valence-corrected chi connectivity index (χ0v) is 11.0. The summed E-state index contributed by atoms with van der Waals surface area (Å²) < 4.78 is 5.21. The van der Waals surface area contributed by atoms with Crippen LogP contribution in [0.25, 0.3) is 0 Å². The van der Waals surface area contributed by atoms with Crippen LogP contribution in [0.5, 0.6) is 0 Å². The van der Waals surface area contributed by atoms with E-state index in [1.807, 2.05) is 0 Å². The minimum Gasteiger partial charge on any atom is -0.383 e. The van der Waals surface area contributed by atoms with Crippen molar-refractivity contribution < 1.29 is 4.74 Å². The van der Waals surface area contributed by atoms with E-state index in [0.29, 0.717) is 12.1 Å². The second kappa shape index (κ2) is 7.49. The number of nitrogens with zero attached hydrogens (tertiary/aromatic N) is 1. The van der Waals surface area contributed by atoms with Crippen LogP contribution >= 0.6 is 11.8 Å². The molecule has 4 heteroatoms. The molecule has 1 aliphatic heterocycles. The van der Waals surface area contributed by atoms with Crippen LogP contribution in [0, 0.1) is 0 Å². The number of likely N-dealkylation sites (N-methyl/N-ethyl adjacent to an activating group) is 1. The van der Waals surface area contributed by atoms with Crippen LogP contribution in [0.4, 0.5) is 0 Å². The average Bonchev–Trinajstić information content (AvgIpc) is 2.27. The van der Waals surface area contributed by atoms with Crippen LogP contribution in [0.1, 0.15) is 13.8 Å². The van der Waals surface area contributed by atoms with Crippen LogP contribution in [0.2, 0.25) is 0 Å². The minimum absolute atomic E-state index is 0.522. The molecule has 0 aromatic rings. The first-order valence-electron chi connectivity index (χ1n) is 5.82. The van der Waals surface area contributed by atoms with Crippen LogP contribution in [0.3, 0.4) is 0 Å². The average molecular weight is 232 g/mol. The Kier molecular flexibility index (Phi) is 6.64. The Hall–Kier alpha value is 0.230. The molecule has 90 valence electrons. The van der Waals surface area contributed by atoms with Crippen molar-refractivity contribution in [2.45, 2.75) is 25.9 Å². The number of hydrogen-bond acceptors (Lipinski definition) is 4. The van der Waals surface area contributed by atoms with Gasteiger partial charge in [0, 0.05) is 43.8 Å². The summed E-state index contributed by atoms with van der Waals surface area (Å²) in [6.45, 7) is 8.70. The Balaban J connectivity index is 2.30. The minimum atomic E-state index is 0.522. The molecule has 0 spiro atoms. The Labute approximate surface area is 97.9 Å². The second-order valence-electron chi connectivity index (χ2n) is 4.12. The van der Waals surface area contributed by atoms with Gasteiger partial charge in [0.05, 0.1) is 6.61 Å². The maximum absolute atomic E-state index is 5.21. The summed E-state index contributed by atoms with van der Waals surface area (Å²) in [5.41, 5.74) is 0. The monoisotopic (exact) mass is 232 g/mol. The molecule has 1 N–H and O–H groups in total. The summed E-state index contributed by atoms with van der Waals surface area (Å²) in [5.74, 6) is 2.51. The lowest BCUT2D eigenvalue weighted by atomic mass is 10.2. The Morgan fingerprint density at radius 3 is 2.93 bits per heavy atom. The SMILES string of the molecule is CCN(CC1CSCCN1)C(C)COC. The van der Waals surface area contributed by atoms with Gasteiger partial charge in [-0.3, -0.25) is 4.90 Å². The van der Waals surface area contributed by atoms with Gasteiger partial charge in [0.2, 0.25) is 0 Å². The third kappa shape index (κ3) is 4.72. The van der Waals surface area contributed by atoms with E-state index in [1.54, 1.807) is 7.11 Å². The van der Waals surface area contributed by atoms with E-state index in [1.165, 1.54) is 11.5 Å². The number of rotatable bonds is 6. The fourth-order valence-electron chi connectivity index (χ4n) is 1.99. The summed E-state index contributed by atoms with van der Waals surface area (Å²) in [6.07, 6.45) is 0. The first-order chi connectivity index (χ1) is 7.27. The first-order valence-corrected chi connectivity index (χ1v) is 6.97. The fraction of sp³-hybridized carbons (Fsp3) is 1.00. The normalized spacial score (nSPS) is 24.4. The predicted octanol–water partition coefficient (Wildman–Crippen LogP) is 1.05. The summed E-state index contributed by atoms with van der Waals surface area (Å²) >= 11 is 2.06. The van der Waals surface area contributed by atoms with E-state index in [4.69, 9.17) is 4.74 Å². The van der Waals surface area contributed by atoms with Gasteiger partial charge in [0.25, 0.3) is 0 Å². The van der Waals surface area contributed by atoms with Gasteiger partial charge in [0.1, 0.15) is 0 Å². The highest BCUT2D eigenvalue weighted by molar-refractivity contribution is 7.99. The summed E-state index contributed by atoms with van der Waals surface area (Å²) in [7, 11) is 1.78. The van der Waals surface area contributed by atoms with Crippen molar-refractivity contribution in [2.24, 2.45) is 0 Å².